The number of aromatic hydroxyl groups is 1. The van der Waals surface area contributed by atoms with Crippen molar-refractivity contribution < 1.29 is 34.0 Å². The number of carbonyl (C=O) groups excluding carboxylic acids is 1. The van der Waals surface area contributed by atoms with E-state index in [0.29, 0.717) is 40.0 Å². The van der Waals surface area contributed by atoms with E-state index in [4.69, 9.17) is 18.9 Å². The molecule has 0 fully saturated rings. The Kier molecular flexibility index (Phi) is 7.32. The van der Waals surface area contributed by atoms with Crippen molar-refractivity contribution in [3.05, 3.63) is 58.2 Å². The van der Waals surface area contributed by atoms with Crippen LogP contribution in [0, 0.1) is 0 Å². The molecule has 0 aliphatic carbocycles. The number of aliphatic hydroxyl groups excluding tert-OH is 1. The molecule has 0 spiro atoms. The molecule has 9 heteroatoms. The number of hydrogen-bond donors (Lipinski definition) is 2. The summed E-state index contributed by atoms with van der Waals surface area (Å²) in [5, 5.41) is 20.9. The molecule has 0 bridgehead atoms. The van der Waals surface area contributed by atoms with Crippen LogP contribution in [-0.4, -0.2) is 49.2 Å². The summed E-state index contributed by atoms with van der Waals surface area (Å²) < 4.78 is 20.8. The van der Waals surface area contributed by atoms with E-state index in [9.17, 15) is 15.0 Å². The molecule has 2 aromatic rings. The number of ether oxygens (including phenoxy) is 4. The number of esters is 1. The molecule has 1 aliphatic rings. The van der Waals surface area contributed by atoms with Crippen LogP contribution in [0.25, 0.3) is 6.08 Å². The van der Waals surface area contributed by atoms with Crippen LogP contribution in [0.5, 0.6) is 23.0 Å². The van der Waals surface area contributed by atoms with Crippen molar-refractivity contribution in [2.75, 3.05) is 27.9 Å². The minimum absolute atomic E-state index is 0.0128. The highest BCUT2D eigenvalue weighted by Crippen LogP contribution is 2.41. The van der Waals surface area contributed by atoms with Gasteiger partial charge in [-0.2, -0.15) is 0 Å². The van der Waals surface area contributed by atoms with Crippen molar-refractivity contribution in [2.45, 2.75) is 6.92 Å². The molecule has 32 heavy (non-hydrogen) atoms. The van der Waals surface area contributed by atoms with Crippen molar-refractivity contribution in [1.82, 2.24) is 0 Å². The molecule has 0 unspecified atom stereocenters. The summed E-state index contributed by atoms with van der Waals surface area (Å²) in [4.78, 5) is 17.3. The minimum Gasteiger partial charge on any atom is -0.506 e. The first kappa shape index (κ1) is 23.1. The molecule has 0 radical (unpaired) electrons. The van der Waals surface area contributed by atoms with Crippen LogP contribution in [0.1, 0.15) is 12.5 Å². The number of hydrogen-bond acceptors (Lipinski definition) is 9. The molecule has 2 aromatic carbocycles. The van der Waals surface area contributed by atoms with E-state index < -0.39 is 5.97 Å². The predicted octanol–water partition coefficient (Wildman–Crippen LogP) is 4.61. The molecule has 1 aliphatic heterocycles. The number of methoxy groups -OCH3 is 3. The van der Waals surface area contributed by atoms with Gasteiger partial charge in [0, 0.05) is 6.07 Å². The van der Waals surface area contributed by atoms with E-state index in [0.717, 1.165) is 11.8 Å². The first-order chi connectivity index (χ1) is 15.4. The Hall–Kier alpha value is -3.59. The van der Waals surface area contributed by atoms with Gasteiger partial charge in [-0.05, 0) is 42.8 Å². The summed E-state index contributed by atoms with van der Waals surface area (Å²) in [6.07, 6.45) is 1.67. The molecule has 0 amide bonds. The summed E-state index contributed by atoms with van der Waals surface area (Å²) >= 11 is 1.12. The Morgan fingerprint density at radius 3 is 2.44 bits per heavy atom. The lowest BCUT2D eigenvalue weighted by atomic mass is 10.1. The number of phenols is 1. The van der Waals surface area contributed by atoms with Gasteiger partial charge >= 0.3 is 5.97 Å². The normalized spacial score (nSPS) is 15.9. The summed E-state index contributed by atoms with van der Waals surface area (Å²) in [6.45, 7) is 2.20. The standard InChI is InChI=1S/C23H23NO7S/c1-5-31-17-10-13(6-8-15(17)25)11-19-21(26)20(23(27)30-4)22(32-19)24-14-7-9-16(28-2)18(12-14)29-3/h6-12,25-26H,5H2,1-4H3. The van der Waals surface area contributed by atoms with Crippen LogP contribution in [0.3, 0.4) is 0 Å². The molecule has 168 valence electrons. The van der Waals surface area contributed by atoms with E-state index in [1.807, 2.05) is 6.92 Å². The SMILES string of the molecule is CCOc1cc(C=C2SC(=Nc3ccc(OC)c(OC)c3)C(C(=O)OC)=C2O)ccc1O. The number of phenolic OH excluding ortho intramolecular Hbond substituents is 1. The third-order valence-electron chi connectivity index (χ3n) is 4.46. The van der Waals surface area contributed by atoms with Crippen LogP contribution in [-0.2, 0) is 9.53 Å². The number of thioether (sulfide) groups is 1. The maximum Gasteiger partial charge on any atom is 0.344 e. The summed E-state index contributed by atoms with van der Waals surface area (Å²) in [6, 6.07) is 9.87. The zero-order valence-corrected chi connectivity index (χ0v) is 18.9. The van der Waals surface area contributed by atoms with Crippen LogP contribution in [0.4, 0.5) is 5.69 Å². The Morgan fingerprint density at radius 2 is 1.78 bits per heavy atom. The maximum atomic E-state index is 12.4. The summed E-state index contributed by atoms with van der Waals surface area (Å²) in [7, 11) is 4.28. The number of aliphatic imine (C=N–C) groups is 1. The van der Waals surface area contributed by atoms with Gasteiger partial charge in [0.05, 0.1) is 38.5 Å². The molecule has 0 saturated heterocycles. The second kappa shape index (κ2) is 10.1. The fourth-order valence-electron chi connectivity index (χ4n) is 2.95. The number of aliphatic hydroxyl groups is 1. The average Bonchev–Trinajstić information content (AvgIpc) is 3.09. The molecule has 1 heterocycles. The molecule has 2 N–H and O–H groups in total. The molecule has 8 nitrogen and oxygen atoms in total. The predicted molar refractivity (Wildman–Crippen MR) is 123 cm³/mol. The monoisotopic (exact) mass is 457 g/mol. The van der Waals surface area contributed by atoms with E-state index >= 15 is 0 Å². The van der Waals surface area contributed by atoms with E-state index in [1.165, 1.54) is 27.4 Å². The largest absolute Gasteiger partial charge is 0.506 e. The Labute approximate surface area is 189 Å². The van der Waals surface area contributed by atoms with E-state index in [2.05, 4.69) is 4.99 Å². The highest BCUT2D eigenvalue weighted by atomic mass is 32.2. The lowest BCUT2D eigenvalue weighted by Gasteiger charge is -2.08. The zero-order chi connectivity index (χ0) is 23.3. The van der Waals surface area contributed by atoms with Crippen LogP contribution in [0.2, 0.25) is 0 Å². The van der Waals surface area contributed by atoms with Gasteiger partial charge in [0.25, 0.3) is 0 Å². The first-order valence-corrected chi connectivity index (χ1v) is 10.4. The topological polar surface area (TPSA) is 107 Å². The van der Waals surface area contributed by atoms with Crippen molar-refractivity contribution in [1.29, 1.82) is 0 Å². The molecule has 0 saturated carbocycles. The fraction of sp³-hybridized carbons (Fsp3) is 0.217. The van der Waals surface area contributed by atoms with Gasteiger partial charge in [0.2, 0.25) is 0 Å². The fourth-order valence-corrected chi connectivity index (χ4v) is 3.98. The van der Waals surface area contributed by atoms with Crippen molar-refractivity contribution in [3.63, 3.8) is 0 Å². The molecule has 3 rings (SSSR count). The molecule has 0 atom stereocenters. The summed E-state index contributed by atoms with van der Waals surface area (Å²) in [5.74, 6) is 0.401. The van der Waals surface area contributed by atoms with Gasteiger partial charge in [-0.25, -0.2) is 9.79 Å². The Balaban J connectivity index is 2.03. The molecule has 0 aromatic heterocycles. The summed E-state index contributed by atoms with van der Waals surface area (Å²) in [5.41, 5.74) is 1.13. The average molecular weight is 458 g/mol. The number of rotatable bonds is 7. The van der Waals surface area contributed by atoms with Crippen LogP contribution >= 0.6 is 11.8 Å². The van der Waals surface area contributed by atoms with Crippen molar-refractivity contribution in [3.8, 4) is 23.0 Å². The van der Waals surface area contributed by atoms with Gasteiger partial charge in [-0.1, -0.05) is 17.8 Å². The zero-order valence-electron chi connectivity index (χ0n) is 18.0. The van der Waals surface area contributed by atoms with Gasteiger partial charge in [0.15, 0.2) is 23.0 Å². The van der Waals surface area contributed by atoms with E-state index in [-0.39, 0.29) is 22.1 Å². The lowest BCUT2D eigenvalue weighted by Crippen LogP contribution is -2.10. The third-order valence-corrected chi connectivity index (χ3v) is 5.48. The molecular weight excluding hydrogens is 434 g/mol. The number of benzene rings is 2. The smallest absolute Gasteiger partial charge is 0.344 e. The Morgan fingerprint density at radius 1 is 1.03 bits per heavy atom. The highest BCUT2D eigenvalue weighted by molar-refractivity contribution is 8.18. The maximum absolute atomic E-state index is 12.4. The van der Waals surface area contributed by atoms with Crippen molar-refractivity contribution >= 4 is 34.5 Å². The second-order valence-corrected chi connectivity index (χ2v) is 7.47. The highest BCUT2D eigenvalue weighted by Gasteiger charge is 2.33. The van der Waals surface area contributed by atoms with Crippen LogP contribution in [0.15, 0.2) is 57.6 Å². The van der Waals surface area contributed by atoms with Crippen LogP contribution < -0.4 is 14.2 Å². The first-order valence-electron chi connectivity index (χ1n) is 9.60. The van der Waals surface area contributed by atoms with Crippen molar-refractivity contribution in [2.24, 2.45) is 4.99 Å². The second-order valence-electron chi connectivity index (χ2n) is 6.44. The van der Waals surface area contributed by atoms with Gasteiger partial charge in [0.1, 0.15) is 16.4 Å². The number of carbonyl (C=O) groups is 1. The number of nitrogens with zero attached hydrogens (tertiary/aromatic N) is 1. The van der Waals surface area contributed by atoms with Gasteiger partial charge in [-0.15, -0.1) is 0 Å². The van der Waals surface area contributed by atoms with E-state index in [1.54, 1.807) is 36.4 Å². The van der Waals surface area contributed by atoms with Gasteiger partial charge < -0.3 is 29.2 Å². The minimum atomic E-state index is -0.710. The lowest BCUT2D eigenvalue weighted by molar-refractivity contribution is -0.135. The third kappa shape index (κ3) is 4.83. The molecular formula is C23H23NO7S. The quantitative estimate of drug-likeness (QED) is 0.581. The van der Waals surface area contributed by atoms with Gasteiger partial charge in [-0.3, -0.25) is 0 Å². The Bertz CT molecular complexity index is 1120.